The van der Waals surface area contributed by atoms with Crippen molar-refractivity contribution in [2.24, 2.45) is 0 Å². The third-order valence-corrected chi connectivity index (χ3v) is 3.12. The Hall–Kier alpha value is -3.02. The molecule has 3 rings (SSSR count). The number of fused-ring (bicyclic) bond motifs is 1. The summed E-state index contributed by atoms with van der Waals surface area (Å²) in [5, 5.41) is 0. The maximum absolute atomic E-state index is 13.3. The summed E-state index contributed by atoms with van der Waals surface area (Å²) in [4.78, 5) is 20.2. The summed E-state index contributed by atoms with van der Waals surface area (Å²) in [7, 11) is 0. The van der Waals surface area contributed by atoms with Crippen LogP contribution in [0.15, 0.2) is 54.9 Å². The smallest absolute Gasteiger partial charge is 0.338 e. The second-order valence-corrected chi connectivity index (χ2v) is 4.67. The van der Waals surface area contributed by atoms with E-state index in [1.807, 2.05) is 0 Å². The topological polar surface area (TPSA) is 61.3 Å². The zero-order valence-corrected chi connectivity index (χ0v) is 12.1. The Bertz CT molecular complexity index is 839. The summed E-state index contributed by atoms with van der Waals surface area (Å²) >= 11 is 0. The molecule has 1 aromatic heterocycles. The third kappa shape index (κ3) is 3.60. The van der Waals surface area contributed by atoms with Gasteiger partial charge in [0.1, 0.15) is 13.2 Å². The second kappa shape index (κ2) is 6.83. The van der Waals surface area contributed by atoms with Crippen LogP contribution in [-0.4, -0.2) is 29.2 Å². The Morgan fingerprint density at radius 1 is 1.00 bits per heavy atom. The molecule has 6 heteroatoms. The van der Waals surface area contributed by atoms with Gasteiger partial charge in [-0.05, 0) is 30.3 Å². The standard InChI is InChI=1S/C17H13FN2O3/c18-13-3-1-2-4-16(13)22-9-10-23-17(21)12-5-6-14-15(11-12)20-8-7-19-14/h1-8,11H,9-10H2. The van der Waals surface area contributed by atoms with Gasteiger partial charge in [-0.15, -0.1) is 0 Å². The first-order valence-electron chi connectivity index (χ1n) is 6.99. The fourth-order valence-corrected chi connectivity index (χ4v) is 2.02. The van der Waals surface area contributed by atoms with Crippen LogP contribution < -0.4 is 4.74 Å². The molecule has 0 spiro atoms. The van der Waals surface area contributed by atoms with E-state index in [4.69, 9.17) is 9.47 Å². The lowest BCUT2D eigenvalue weighted by Gasteiger charge is -2.08. The zero-order valence-electron chi connectivity index (χ0n) is 12.1. The molecule has 0 radical (unpaired) electrons. The minimum atomic E-state index is -0.491. The van der Waals surface area contributed by atoms with Crippen molar-refractivity contribution in [3.63, 3.8) is 0 Å². The highest BCUT2D eigenvalue weighted by molar-refractivity contribution is 5.93. The van der Waals surface area contributed by atoms with Crippen molar-refractivity contribution in [2.45, 2.75) is 0 Å². The minimum absolute atomic E-state index is 0.0195. The van der Waals surface area contributed by atoms with Gasteiger partial charge < -0.3 is 9.47 Å². The van der Waals surface area contributed by atoms with E-state index in [1.165, 1.54) is 12.1 Å². The van der Waals surface area contributed by atoms with E-state index in [0.29, 0.717) is 16.6 Å². The first-order chi connectivity index (χ1) is 11.2. The fourth-order valence-electron chi connectivity index (χ4n) is 2.02. The molecule has 0 aliphatic heterocycles. The summed E-state index contributed by atoms with van der Waals surface area (Å²) in [5.74, 6) is -0.814. The largest absolute Gasteiger partial charge is 0.487 e. The number of nitrogens with zero attached hydrogens (tertiary/aromatic N) is 2. The van der Waals surface area contributed by atoms with Crippen molar-refractivity contribution in [3.05, 3.63) is 66.2 Å². The minimum Gasteiger partial charge on any atom is -0.487 e. The summed E-state index contributed by atoms with van der Waals surface area (Å²) in [6, 6.07) is 11.0. The van der Waals surface area contributed by atoms with E-state index >= 15 is 0 Å². The number of carbonyl (C=O) groups is 1. The van der Waals surface area contributed by atoms with Gasteiger partial charge in [0.15, 0.2) is 11.6 Å². The molecular formula is C17H13FN2O3. The van der Waals surface area contributed by atoms with Crippen molar-refractivity contribution in [1.82, 2.24) is 9.97 Å². The molecule has 0 bridgehead atoms. The quantitative estimate of drug-likeness (QED) is 0.535. The molecule has 0 amide bonds. The predicted octanol–water partition coefficient (Wildman–Crippen LogP) is 3.00. The lowest BCUT2D eigenvalue weighted by Crippen LogP contribution is -2.12. The lowest BCUT2D eigenvalue weighted by molar-refractivity contribution is 0.0448. The third-order valence-electron chi connectivity index (χ3n) is 3.12. The van der Waals surface area contributed by atoms with Crippen LogP contribution in [0.25, 0.3) is 11.0 Å². The first kappa shape index (κ1) is 14.9. The van der Waals surface area contributed by atoms with Gasteiger partial charge in [-0.2, -0.15) is 0 Å². The van der Waals surface area contributed by atoms with E-state index in [9.17, 15) is 9.18 Å². The van der Waals surface area contributed by atoms with Crippen LogP contribution >= 0.6 is 0 Å². The molecule has 0 N–H and O–H groups in total. The average Bonchev–Trinajstić information content (AvgIpc) is 2.59. The van der Waals surface area contributed by atoms with E-state index < -0.39 is 11.8 Å². The summed E-state index contributed by atoms with van der Waals surface area (Å²) in [6.45, 7) is 0.0890. The number of ether oxygens (including phenoxy) is 2. The van der Waals surface area contributed by atoms with Crippen LogP contribution in [0.3, 0.4) is 0 Å². The van der Waals surface area contributed by atoms with Crippen LogP contribution in [0.2, 0.25) is 0 Å². The van der Waals surface area contributed by atoms with E-state index in [2.05, 4.69) is 9.97 Å². The molecule has 116 valence electrons. The van der Waals surface area contributed by atoms with Crippen LogP contribution in [0.5, 0.6) is 5.75 Å². The van der Waals surface area contributed by atoms with E-state index in [1.54, 1.807) is 42.7 Å². The molecule has 3 aromatic rings. The molecule has 0 fully saturated rings. The predicted molar refractivity (Wildman–Crippen MR) is 81.7 cm³/mol. The molecule has 0 saturated heterocycles. The summed E-state index contributed by atoms with van der Waals surface area (Å²) in [6.07, 6.45) is 3.14. The fraction of sp³-hybridized carbons (Fsp3) is 0.118. The maximum atomic E-state index is 13.3. The SMILES string of the molecule is O=C(OCCOc1ccccc1F)c1ccc2nccnc2c1. The highest BCUT2D eigenvalue weighted by atomic mass is 19.1. The Morgan fingerprint density at radius 2 is 1.78 bits per heavy atom. The average molecular weight is 312 g/mol. The number of hydrogen-bond donors (Lipinski definition) is 0. The Balaban J connectivity index is 1.55. The Morgan fingerprint density at radius 3 is 2.61 bits per heavy atom. The summed E-state index contributed by atoms with van der Waals surface area (Å²) < 4.78 is 23.7. The molecule has 1 heterocycles. The monoisotopic (exact) mass is 312 g/mol. The van der Waals surface area contributed by atoms with Crippen LogP contribution in [0.1, 0.15) is 10.4 Å². The maximum Gasteiger partial charge on any atom is 0.338 e. The number of esters is 1. The Kier molecular flexibility index (Phi) is 4.42. The molecule has 0 atom stereocenters. The lowest BCUT2D eigenvalue weighted by atomic mass is 10.2. The van der Waals surface area contributed by atoms with Gasteiger partial charge in [0.05, 0.1) is 16.6 Å². The zero-order chi connectivity index (χ0) is 16.1. The number of benzene rings is 2. The van der Waals surface area contributed by atoms with Crippen LogP contribution in [-0.2, 0) is 4.74 Å². The van der Waals surface area contributed by atoms with Gasteiger partial charge in [0.2, 0.25) is 0 Å². The number of aromatic nitrogens is 2. The van der Waals surface area contributed by atoms with Gasteiger partial charge in [-0.25, -0.2) is 9.18 Å². The first-order valence-corrected chi connectivity index (χ1v) is 6.99. The van der Waals surface area contributed by atoms with E-state index in [-0.39, 0.29) is 19.0 Å². The van der Waals surface area contributed by atoms with Gasteiger partial charge in [0, 0.05) is 12.4 Å². The molecule has 0 unspecified atom stereocenters. The van der Waals surface area contributed by atoms with Crippen molar-refractivity contribution in [1.29, 1.82) is 0 Å². The molecule has 0 aliphatic rings. The number of hydrogen-bond acceptors (Lipinski definition) is 5. The molecule has 23 heavy (non-hydrogen) atoms. The highest BCUT2D eigenvalue weighted by Gasteiger charge is 2.09. The van der Waals surface area contributed by atoms with Crippen molar-refractivity contribution < 1.29 is 18.7 Å². The van der Waals surface area contributed by atoms with Crippen molar-refractivity contribution in [3.8, 4) is 5.75 Å². The number of para-hydroxylation sites is 1. The van der Waals surface area contributed by atoms with Gasteiger partial charge in [-0.3, -0.25) is 9.97 Å². The van der Waals surface area contributed by atoms with Crippen LogP contribution in [0.4, 0.5) is 4.39 Å². The highest BCUT2D eigenvalue weighted by Crippen LogP contribution is 2.15. The molecular weight excluding hydrogens is 299 g/mol. The van der Waals surface area contributed by atoms with Crippen LogP contribution in [0, 0.1) is 5.82 Å². The molecule has 2 aromatic carbocycles. The number of halogens is 1. The molecule has 0 aliphatic carbocycles. The Labute approximate surface area is 131 Å². The molecule has 0 saturated carbocycles. The van der Waals surface area contributed by atoms with E-state index in [0.717, 1.165) is 0 Å². The van der Waals surface area contributed by atoms with Crippen molar-refractivity contribution >= 4 is 17.0 Å². The summed E-state index contributed by atoms with van der Waals surface area (Å²) in [5.41, 5.74) is 1.69. The normalized spacial score (nSPS) is 10.5. The van der Waals surface area contributed by atoms with Gasteiger partial charge >= 0.3 is 5.97 Å². The van der Waals surface area contributed by atoms with Gasteiger partial charge in [0.25, 0.3) is 0 Å². The number of carbonyl (C=O) groups excluding carboxylic acids is 1. The number of rotatable bonds is 5. The van der Waals surface area contributed by atoms with Gasteiger partial charge in [-0.1, -0.05) is 12.1 Å². The molecule has 5 nitrogen and oxygen atoms in total. The second-order valence-electron chi connectivity index (χ2n) is 4.67. The van der Waals surface area contributed by atoms with Crippen molar-refractivity contribution in [2.75, 3.05) is 13.2 Å².